The molecule has 1 aromatic heterocycles. The number of carbonyl (C=O) groups excluding carboxylic acids is 1. The van der Waals surface area contributed by atoms with Gasteiger partial charge in [-0.3, -0.25) is 4.79 Å². The van der Waals surface area contributed by atoms with Gasteiger partial charge in [0.15, 0.2) is 11.8 Å². The molecule has 0 fully saturated rings. The first-order valence-corrected chi connectivity index (χ1v) is 5.27. The van der Waals surface area contributed by atoms with Crippen molar-refractivity contribution in [2.24, 2.45) is 0 Å². The summed E-state index contributed by atoms with van der Waals surface area (Å²) in [5, 5.41) is 7.61. The summed E-state index contributed by atoms with van der Waals surface area (Å²) in [4.78, 5) is 13.0. The number of hydrogen-bond donors (Lipinski definition) is 0. The van der Waals surface area contributed by atoms with Crippen molar-refractivity contribution in [1.29, 1.82) is 0 Å². The normalized spacial score (nSPS) is 10.6. The van der Waals surface area contributed by atoms with Crippen molar-refractivity contribution in [2.45, 2.75) is 13.8 Å². The standard InChI is InChI=1S/C11H13N3O2/c1-3-14(4-2)9-6-5-8(7-15)10-11(9)13-16-12-10/h5-7H,3-4H2,1-2H3. The van der Waals surface area contributed by atoms with Crippen LogP contribution in [-0.2, 0) is 0 Å². The average Bonchev–Trinajstić information content (AvgIpc) is 2.80. The van der Waals surface area contributed by atoms with Crippen LogP contribution < -0.4 is 4.90 Å². The van der Waals surface area contributed by atoms with Crippen LogP contribution in [0.15, 0.2) is 16.8 Å². The zero-order chi connectivity index (χ0) is 11.5. The van der Waals surface area contributed by atoms with Crippen molar-refractivity contribution < 1.29 is 9.42 Å². The minimum atomic E-state index is 0.507. The molecule has 0 aliphatic heterocycles. The Morgan fingerprint density at radius 3 is 2.56 bits per heavy atom. The molecule has 0 bridgehead atoms. The number of aldehydes is 1. The summed E-state index contributed by atoms with van der Waals surface area (Å²) in [6.45, 7) is 5.88. The molecule has 5 heteroatoms. The minimum Gasteiger partial charge on any atom is -0.370 e. The van der Waals surface area contributed by atoms with Crippen molar-refractivity contribution >= 4 is 23.0 Å². The van der Waals surface area contributed by atoms with Gasteiger partial charge in [-0.2, -0.15) is 0 Å². The maximum atomic E-state index is 10.8. The largest absolute Gasteiger partial charge is 0.370 e. The fraction of sp³-hybridized carbons (Fsp3) is 0.364. The Labute approximate surface area is 93.0 Å². The van der Waals surface area contributed by atoms with Gasteiger partial charge < -0.3 is 4.90 Å². The number of anilines is 1. The van der Waals surface area contributed by atoms with Gasteiger partial charge in [0.2, 0.25) is 0 Å². The Morgan fingerprint density at radius 1 is 1.25 bits per heavy atom. The van der Waals surface area contributed by atoms with Gasteiger partial charge in [0.25, 0.3) is 0 Å². The molecule has 2 rings (SSSR count). The third-order valence-corrected chi connectivity index (χ3v) is 2.66. The predicted octanol–water partition coefficient (Wildman–Crippen LogP) is 1.88. The van der Waals surface area contributed by atoms with Crippen LogP contribution in [0, 0.1) is 0 Å². The van der Waals surface area contributed by atoms with E-state index in [1.54, 1.807) is 6.07 Å². The number of rotatable bonds is 4. The van der Waals surface area contributed by atoms with Gasteiger partial charge in [-0.05, 0) is 36.3 Å². The first-order chi connectivity index (χ1) is 7.81. The third kappa shape index (κ3) is 1.54. The highest BCUT2D eigenvalue weighted by Gasteiger charge is 2.14. The number of fused-ring (bicyclic) bond motifs is 1. The van der Waals surface area contributed by atoms with Crippen LogP contribution in [0.2, 0.25) is 0 Å². The van der Waals surface area contributed by atoms with E-state index in [-0.39, 0.29) is 0 Å². The van der Waals surface area contributed by atoms with Gasteiger partial charge in [-0.25, -0.2) is 4.63 Å². The van der Waals surface area contributed by atoms with E-state index in [1.807, 2.05) is 6.07 Å². The molecule has 16 heavy (non-hydrogen) atoms. The number of carbonyl (C=O) groups is 1. The summed E-state index contributed by atoms with van der Waals surface area (Å²) in [6, 6.07) is 3.62. The quantitative estimate of drug-likeness (QED) is 0.735. The van der Waals surface area contributed by atoms with Crippen molar-refractivity contribution in [1.82, 2.24) is 10.3 Å². The van der Waals surface area contributed by atoms with E-state index >= 15 is 0 Å². The van der Waals surface area contributed by atoms with Crippen molar-refractivity contribution in [2.75, 3.05) is 18.0 Å². The summed E-state index contributed by atoms with van der Waals surface area (Å²) in [6.07, 6.45) is 0.762. The Balaban J connectivity index is 2.63. The predicted molar refractivity (Wildman–Crippen MR) is 60.8 cm³/mol. The highest BCUT2D eigenvalue weighted by molar-refractivity contribution is 5.99. The maximum absolute atomic E-state index is 10.8. The molecule has 1 aromatic carbocycles. The fourth-order valence-corrected chi connectivity index (χ4v) is 1.79. The van der Waals surface area contributed by atoms with Crippen LogP contribution in [-0.4, -0.2) is 29.7 Å². The second-order valence-electron chi connectivity index (χ2n) is 3.43. The summed E-state index contributed by atoms with van der Waals surface area (Å²) in [7, 11) is 0. The van der Waals surface area contributed by atoms with Crippen LogP contribution in [0.4, 0.5) is 5.69 Å². The monoisotopic (exact) mass is 219 g/mol. The molecule has 5 nitrogen and oxygen atoms in total. The highest BCUT2D eigenvalue weighted by Crippen LogP contribution is 2.25. The molecular formula is C11H13N3O2. The molecule has 0 atom stereocenters. The Morgan fingerprint density at radius 2 is 1.94 bits per heavy atom. The molecule has 0 spiro atoms. The average molecular weight is 219 g/mol. The van der Waals surface area contributed by atoms with E-state index in [0.29, 0.717) is 16.6 Å². The molecule has 0 unspecified atom stereocenters. The lowest BCUT2D eigenvalue weighted by Crippen LogP contribution is -2.22. The number of benzene rings is 1. The Hall–Kier alpha value is -1.91. The minimum absolute atomic E-state index is 0.507. The summed E-state index contributed by atoms with van der Waals surface area (Å²) < 4.78 is 4.70. The molecule has 0 amide bonds. The maximum Gasteiger partial charge on any atom is 0.159 e. The first kappa shape index (κ1) is 10.6. The molecule has 0 N–H and O–H groups in total. The molecule has 2 aromatic rings. The lowest BCUT2D eigenvalue weighted by atomic mass is 10.1. The zero-order valence-corrected chi connectivity index (χ0v) is 9.30. The second kappa shape index (κ2) is 4.30. The lowest BCUT2D eigenvalue weighted by molar-refractivity contribution is 0.112. The van der Waals surface area contributed by atoms with E-state index in [4.69, 9.17) is 4.63 Å². The SMILES string of the molecule is CCN(CC)c1ccc(C=O)c2nonc12. The van der Waals surface area contributed by atoms with Gasteiger partial charge in [-0.1, -0.05) is 0 Å². The van der Waals surface area contributed by atoms with Crippen LogP contribution in [0.3, 0.4) is 0 Å². The second-order valence-corrected chi connectivity index (χ2v) is 3.43. The number of aromatic nitrogens is 2. The topological polar surface area (TPSA) is 59.2 Å². The molecule has 0 aliphatic rings. The van der Waals surface area contributed by atoms with Gasteiger partial charge in [0.1, 0.15) is 5.52 Å². The molecule has 84 valence electrons. The summed E-state index contributed by atoms with van der Waals surface area (Å²) >= 11 is 0. The molecule has 1 heterocycles. The molecular weight excluding hydrogens is 206 g/mol. The third-order valence-electron chi connectivity index (χ3n) is 2.66. The fourth-order valence-electron chi connectivity index (χ4n) is 1.79. The van der Waals surface area contributed by atoms with Crippen molar-refractivity contribution in [3.63, 3.8) is 0 Å². The first-order valence-electron chi connectivity index (χ1n) is 5.27. The molecule has 0 aliphatic carbocycles. The number of hydrogen-bond acceptors (Lipinski definition) is 5. The molecule has 0 radical (unpaired) electrons. The van der Waals surface area contributed by atoms with Crippen LogP contribution in [0.1, 0.15) is 24.2 Å². The van der Waals surface area contributed by atoms with E-state index in [2.05, 4.69) is 29.1 Å². The van der Waals surface area contributed by atoms with E-state index in [0.717, 1.165) is 25.1 Å². The van der Waals surface area contributed by atoms with Gasteiger partial charge in [0.05, 0.1) is 5.69 Å². The van der Waals surface area contributed by atoms with Gasteiger partial charge in [0, 0.05) is 18.7 Å². The van der Waals surface area contributed by atoms with E-state index in [1.165, 1.54) is 0 Å². The highest BCUT2D eigenvalue weighted by atomic mass is 16.6. The number of nitrogens with zero attached hydrogens (tertiary/aromatic N) is 3. The Bertz CT molecular complexity index is 503. The van der Waals surface area contributed by atoms with Crippen LogP contribution in [0.5, 0.6) is 0 Å². The zero-order valence-electron chi connectivity index (χ0n) is 9.30. The van der Waals surface area contributed by atoms with Gasteiger partial charge in [-0.15, -0.1) is 0 Å². The molecule has 0 saturated heterocycles. The summed E-state index contributed by atoms with van der Waals surface area (Å²) in [5.74, 6) is 0. The van der Waals surface area contributed by atoms with Crippen molar-refractivity contribution in [3.05, 3.63) is 17.7 Å². The smallest absolute Gasteiger partial charge is 0.159 e. The molecule has 0 saturated carbocycles. The summed E-state index contributed by atoms with van der Waals surface area (Å²) in [5.41, 5.74) is 2.63. The van der Waals surface area contributed by atoms with Gasteiger partial charge >= 0.3 is 0 Å². The lowest BCUT2D eigenvalue weighted by Gasteiger charge is -2.20. The van der Waals surface area contributed by atoms with Crippen LogP contribution in [0.25, 0.3) is 11.0 Å². The van der Waals surface area contributed by atoms with E-state index in [9.17, 15) is 4.79 Å². The van der Waals surface area contributed by atoms with Crippen molar-refractivity contribution in [3.8, 4) is 0 Å². The van der Waals surface area contributed by atoms with Crippen LogP contribution >= 0.6 is 0 Å². The Kier molecular flexibility index (Phi) is 2.85. The van der Waals surface area contributed by atoms with E-state index < -0.39 is 0 Å².